The Morgan fingerprint density at radius 1 is 1.14 bits per heavy atom. The maximum Gasteiger partial charge on any atom is 0.573 e. The fourth-order valence-corrected chi connectivity index (χ4v) is 2.01. The molecule has 0 atom stereocenters. The summed E-state index contributed by atoms with van der Waals surface area (Å²) in [5.41, 5.74) is 2.55. The van der Waals surface area contributed by atoms with Crippen molar-refractivity contribution in [3.63, 3.8) is 0 Å². The molecule has 0 radical (unpaired) electrons. The van der Waals surface area contributed by atoms with Gasteiger partial charge in [0.1, 0.15) is 5.75 Å². The fraction of sp³-hybridized carbons (Fsp3) is 0.143. The third-order valence-electron chi connectivity index (χ3n) is 2.86. The van der Waals surface area contributed by atoms with E-state index in [0.717, 1.165) is 5.69 Å². The molecule has 0 unspecified atom stereocenters. The predicted octanol–water partition coefficient (Wildman–Crippen LogP) is 3.60. The van der Waals surface area contributed by atoms with Gasteiger partial charge in [-0.3, -0.25) is 0 Å². The molecule has 0 saturated carbocycles. The van der Waals surface area contributed by atoms with Crippen LogP contribution in [0, 0.1) is 6.92 Å². The maximum absolute atomic E-state index is 12.3. The van der Waals surface area contributed by atoms with Crippen LogP contribution in [-0.2, 0) is 0 Å². The van der Waals surface area contributed by atoms with Crippen LogP contribution in [0.25, 0.3) is 16.9 Å². The summed E-state index contributed by atoms with van der Waals surface area (Å²) in [4.78, 5) is 4.18. The third-order valence-corrected chi connectivity index (χ3v) is 2.86. The molecule has 0 amide bonds. The molecule has 2 heterocycles. The molecule has 2 aromatic heterocycles. The first-order valence-electron chi connectivity index (χ1n) is 6.10. The van der Waals surface area contributed by atoms with Crippen molar-refractivity contribution in [1.29, 1.82) is 0 Å². The van der Waals surface area contributed by atoms with E-state index >= 15 is 0 Å². The highest BCUT2D eigenvalue weighted by atomic mass is 19.4. The zero-order chi connectivity index (χ0) is 15.0. The van der Waals surface area contributed by atoms with Gasteiger partial charge in [-0.1, -0.05) is 12.1 Å². The van der Waals surface area contributed by atoms with E-state index in [1.54, 1.807) is 22.8 Å². The van der Waals surface area contributed by atoms with E-state index in [4.69, 9.17) is 0 Å². The molecule has 0 aliphatic rings. The maximum atomic E-state index is 12.3. The Labute approximate surface area is 117 Å². The summed E-state index contributed by atoms with van der Waals surface area (Å²) in [6, 6.07) is 9.33. The summed E-state index contributed by atoms with van der Waals surface area (Å²) >= 11 is 0. The van der Waals surface area contributed by atoms with Crippen molar-refractivity contribution in [3.8, 4) is 17.0 Å². The SMILES string of the molecule is Cc1ccc2ncc(-c3cccc(OC(F)(F)F)c3)n2n1. The van der Waals surface area contributed by atoms with Crippen LogP contribution in [0.3, 0.4) is 0 Å². The van der Waals surface area contributed by atoms with Crippen LogP contribution in [0.2, 0.25) is 0 Å². The second-order valence-electron chi connectivity index (χ2n) is 4.46. The lowest BCUT2D eigenvalue weighted by atomic mass is 10.1. The van der Waals surface area contributed by atoms with Crippen LogP contribution in [0.1, 0.15) is 5.69 Å². The van der Waals surface area contributed by atoms with Crippen LogP contribution in [0.4, 0.5) is 13.2 Å². The lowest BCUT2D eigenvalue weighted by Gasteiger charge is -2.09. The van der Waals surface area contributed by atoms with Gasteiger partial charge in [-0.05, 0) is 31.2 Å². The highest BCUT2D eigenvalue weighted by Crippen LogP contribution is 2.28. The number of hydrogen-bond acceptors (Lipinski definition) is 3. The molecule has 0 N–H and O–H groups in total. The lowest BCUT2D eigenvalue weighted by molar-refractivity contribution is -0.274. The molecule has 0 fully saturated rings. The van der Waals surface area contributed by atoms with Crippen LogP contribution >= 0.6 is 0 Å². The van der Waals surface area contributed by atoms with Gasteiger partial charge in [0.05, 0.1) is 17.6 Å². The van der Waals surface area contributed by atoms with E-state index in [9.17, 15) is 13.2 Å². The first-order chi connectivity index (χ1) is 9.92. The Hall–Kier alpha value is -2.57. The number of nitrogens with zero attached hydrogens (tertiary/aromatic N) is 3. The van der Waals surface area contributed by atoms with Crippen molar-refractivity contribution < 1.29 is 17.9 Å². The topological polar surface area (TPSA) is 39.4 Å². The first-order valence-corrected chi connectivity index (χ1v) is 6.10. The van der Waals surface area contributed by atoms with E-state index < -0.39 is 6.36 Å². The molecule has 0 saturated heterocycles. The van der Waals surface area contributed by atoms with Crippen molar-refractivity contribution in [2.75, 3.05) is 0 Å². The zero-order valence-corrected chi connectivity index (χ0v) is 10.9. The molecule has 3 rings (SSSR count). The number of hydrogen-bond donors (Lipinski definition) is 0. The summed E-state index contributed by atoms with van der Waals surface area (Å²) in [5, 5.41) is 4.31. The van der Waals surface area contributed by atoms with Crippen LogP contribution < -0.4 is 4.74 Å². The number of imidazole rings is 1. The van der Waals surface area contributed by atoms with Gasteiger partial charge in [0.15, 0.2) is 5.65 Å². The zero-order valence-electron chi connectivity index (χ0n) is 10.9. The van der Waals surface area contributed by atoms with Gasteiger partial charge in [-0.2, -0.15) is 5.10 Å². The molecule has 0 aliphatic heterocycles. The second-order valence-corrected chi connectivity index (χ2v) is 4.46. The molecule has 7 heteroatoms. The van der Waals surface area contributed by atoms with Crippen molar-refractivity contribution in [2.45, 2.75) is 13.3 Å². The Morgan fingerprint density at radius 2 is 1.95 bits per heavy atom. The smallest absolute Gasteiger partial charge is 0.406 e. The number of alkyl halides is 3. The molecule has 1 aromatic carbocycles. The molecule has 4 nitrogen and oxygen atoms in total. The predicted molar refractivity (Wildman–Crippen MR) is 69.8 cm³/mol. The lowest BCUT2D eigenvalue weighted by Crippen LogP contribution is -2.17. The standard InChI is InChI=1S/C14H10F3N3O/c1-9-5-6-13-18-8-12(20(13)19-9)10-3-2-4-11(7-10)21-14(15,16)17/h2-8H,1H3. The first kappa shape index (κ1) is 13.4. The highest BCUT2D eigenvalue weighted by Gasteiger charge is 2.31. The van der Waals surface area contributed by atoms with Crippen molar-refractivity contribution >= 4 is 5.65 Å². The number of aromatic nitrogens is 3. The highest BCUT2D eigenvalue weighted by molar-refractivity contribution is 5.64. The minimum absolute atomic E-state index is 0.275. The second kappa shape index (κ2) is 4.76. The average molecular weight is 293 g/mol. The van der Waals surface area contributed by atoms with Crippen LogP contribution in [0.15, 0.2) is 42.6 Å². The van der Waals surface area contributed by atoms with Gasteiger partial charge in [0.2, 0.25) is 0 Å². The normalized spacial score (nSPS) is 11.8. The van der Waals surface area contributed by atoms with Gasteiger partial charge in [-0.25, -0.2) is 9.50 Å². The number of fused-ring (bicyclic) bond motifs is 1. The van der Waals surface area contributed by atoms with E-state index in [1.807, 2.05) is 13.0 Å². The summed E-state index contributed by atoms with van der Waals surface area (Å²) in [7, 11) is 0. The molecule has 108 valence electrons. The minimum atomic E-state index is -4.72. The van der Waals surface area contributed by atoms with Gasteiger partial charge >= 0.3 is 6.36 Å². The Kier molecular flexibility index (Phi) is 3.04. The largest absolute Gasteiger partial charge is 0.573 e. The van der Waals surface area contributed by atoms with E-state index in [1.165, 1.54) is 18.2 Å². The number of halogens is 3. The van der Waals surface area contributed by atoms with E-state index in [0.29, 0.717) is 16.9 Å². The van der Waals surface area contributed by atoms with Gasteiger partial charge in [0, 0.05) is 5.56 Å². The molecule has 0 aliphatic carbocycles. The molecule has 3 aromatic rings. The van der Waals surface area contributed by atoms with Crippen molar-refractivity contribution in [2.24, 2.45) is 0 Å². The summed E-state index contributed by atoms with van der Waals surface area (Å²) in [6.07, 6.45) is -3.15. The Morgan fingerprint density at radius 3 is 2.71 bits per heavy atom. The van der Waals surface area contributed by atoms with Gasteiger partial charge in [0.25, 0.3) is 0 Å². The number of benzene rings is 1. The number of ether oxygens (including phenoxy) is 1. The van der Waals surface area contributed by atoms with Crippen LogP contribution in [0.5, 0.6) is 5.75 Å². The quantitative estimate of drug-likeness (QED) is 0.724. The van der Waals surface area contributed by atoms with Crippen molar-refractivity contribution in [1.82, 2.24) is 14.6 Å². The molecule has 0 spiro atoms. The monoisotopic (exact) mass is 293 g/mol. The van der Waals surface area contributed by atoms with E-state index in [2.05, 4.69) is 14.8 Å². The molecular weight excluding hydrogens is 283 g/mol. The Bertz CT molecular complexity index is 796. The van der Waals surface area contributed by atoms with E-state index in [-0.39, 0.29) is 5.75 Å². The average Bonchev–Trinajstić information content (AvgIpc) is 2.80. The third kappa shape index (κ3) is 2.81. The van der Waals surface area contributed by atoms with Crippen molar-refractivity contribution in [3.05, 3.63) is 48.3 Å². The summed E-state index contributed by atoms with van der Waals surface area (Å²) < 4.78 is 42.3. The van der Waals surface area contributed by atoms with Crippen LogP contribution in [-0.4, -0.2) is 21.0 Å². The van der Waals surface area contributed by atoms with Gasteiger partial charge in [-0.15, -0.1) is 13.2 Å². The number of aryl methyl sites for hydroxylation is 1. The fourth-order valence-electron chi connectivity index (χ4n) is 2.01. The molecule has 21 heavy (non-hydrogen) atoms. The van der Waals surface area contributed by atoms with Gasteiger partial charge < -0.3 is 4.74 Å². The number of rotatable bonds is 2. The summed E-state index contributed by atoms with van der Waals surface area (Å²) in [5.74, 6) is -0.275. The Balaban J connectivity index is 2.06. The molecule has 0 bridgehead atoms. The summed E-state index contributed by atoms with van der Waals surface area (Å²) in [6.45, 7) is 1.83. The molecular formula is C14H10F3N3O. The minimum Gasteiger partial charge on any atom is -0.406 e.